The fourth-order valence-corrected chi connectivity index (χ4v) is 6.71. The third-order valence-corrected chi connectivity index (χ3v) is 10.4. The van der Waals surface area contributed by atoms with Crippen molar-refractivity contribution >= 4 is 19.8 Å². The largest absolute Gasteiger partial charge is 0.472 e. The predicted molar refractivity (Wildman–Crippen MR) is 237 cm³/mol. The highest BCUT2D eigenvalue weighted by Crippen LogP contribution is 2.43. The Morgan fingerprint density at radius 3 is 1.45 bits per heavy atom. The minimum atomic E-state index is -4.63. The van der Waals surface area contributed by atoms with Gasteiger partial charge in [0, 0.05) is 12.8 Å². The first kappa shape index (κ1) is 55.7. The van der Waals surface area contributed by atoms with E-state index in [4.69, 9.17) is 23.6 Å². The lowest BCUT2D eigenvalue weighted by Gasteiger charge is -2.20. The highest BCUT2D eigenvalue weighted by Gasteiger charge is 2.27. The minimum absolute atomic E-state index is 0.153. The SMILES string of the molecule is CC/C=C\C/C=C\C/C=C\C/C=C\CCCCCCC(=O)OC(COC(=O)CCCCCCCCC/C=C\CCCCCCCCC)COP(=O)(O)OCC(O)CO. The molecule has 11 heteroatoms. The molecule has 0 fully saturated rings. The van der Waals surface area contributed by atoms with Gasteiger partial charge >= 0.3 is 19.8 Å². The van der Waals surface area contributed by atoms with Crippen molar-refractivity contribution in [2.24, 2.45) is 0 Å². The molecular weight excluding hydrogens is 755 g/mol. The standard InChI is InChI=1S/C47H83O10P/c1-3-5-7-9-11-13-15-17-19-21-23-24-26-28-30-32-34-36-38-46(50)54-42-45(43-56-58(52,53)55-41-44(49)40-48)57-47(51)39-37-35-33-31-29-27-25-22-20-18-16-14-12-10-8-6-4-2/h6,8,12,14,18-21,25,27,44-45,48-49H,3-5,7,9-11,13,15-17,22-24,26,28-43H2,1-2H3,(H,52,53)/b8-6-,14-12-,20-18-,21-19-,27-25-. The molecule has 3 N–H and O–H groups in total. The average molecular weight is 839 g/mol. The molecule has 58 heavy (non-hydrogen) atoms. The summed E-state index contributed by atoms with van der Waals surface area (Å²) in [7, 11) is -4.63. The van der Waals surface area contributed by atoms with Crippen LogP contribution in [0.5, 0.6) is 0 Å². The van der Waals surface area contributed by atoms with Crippen LogP contribution in [0.1, 0.15) is 187 Å². The zero-order valence-corrected chi connectivity index (χ0v) is 37.4. The van der Waals surface area contributed by atoms with Gasteiger partial charge in [0.1, 0.15) is 12.7 Å². The molecule has 0 aliphatic carbocycles. The van der Waals surface area contributed by atoms with Gasteiger partial charge in [0.25, 0.3) is 0 Å². The van der Waals surface area contributed by atoms with Crippen LogP contribution in [0.25, 0.3) is 0 Å². The molecule has 3 atom stereocenters. The summed E-state index contributed by atoms with van der Waals surface area (Å²) < 4.78 is 32.7. The van der Waals surface area contributed by atoms with Gasteiger partial charge in [-0.1, -0.05) is 158 Å². The van der Waals surface area contributed by atoms with Gasteiger partial charge in [0.2, 0.25) is 0 Å². The molecule has 0 rings (SSSR count). The van der Waals surface area contributed by atoms with Crippen molar-refractivity contribution in [3.8, 4) is 0 Å². The van der Waals surface area contributed by atoms with E-state index in [-0.39, 0.29) is 19.4 Å². The number of hydrogen-bond acceptors (Lipinski definition) is 9. The zero-order chi connectivity index (χ0) is 42.6. The number of hydrogen-bond donors (Lipinski definition) is 3. The van der Waals surface area contributed by atoms with Crippen LogP contribution < -0.4 is 0 Å². The summed E-state index contributed by atoms with van der Waals surface area (Å²) in [6.07, 6.45) is 47.5. The van der Waals surface area contributed by atoms with Crippen LogP contribution in [0, 0.1) is 0 Å². The van der Waals surface area contributed by atoms with Crippen LogP contribution in [0.2, 0.25) is 0 Å². The molecule has 3 unspecified atom stereocenters. The molecule has 0 aliphatic rings. The lowest BCUT2D eigenvalue weighted by molar-refractivity contribution is -0.161. The summed E-state index contributed by atoms with van der Waals surface area (Å²) in [5.41, 5.74) is 0. The number of aliphatic hydroxyl groups is 2. The first-order chi connectivity index (χ1) is 28.2. The summed E-state index contributed by atoms with van der Waals surface area (Å²) in [5.74, 6) is -0.959. The van der Waals surface area contributed by atoms with Gasteiger partial charge in [-0.15, -0.1) is 0 Å². The molecule has 10 nitrogen and oxygen atoms in total. The topological polar surface area (TPSA) is 149 Å². The Kier molecular flexibility index (Phi) is 41.1. The second-order valence-corrected chi connectivity index (χ2v) is 16.5. The van der Waals surface area contributed by atoms with Crippen molar-refractivity contribution in [2.75, 3.05) is 26.4 Å². The number of phosphoric acid groups is 1. The Morgan fingerprint density at radius 1 is 0.534 bits per heavy atom. The van der Waals surface area contributed by atoms with Crippen molar-refractivity contribution in [1.82, 2.24) is 0 Å². The Labute approximate surface area is 353 Å². The highest BCUT2D eigenvalue weighted by molar-refractivity contribution is 7.47. The normalized spacial score (nSPS) is 14.4. The molecule has 0 amide bonds. The number of esters is 2. The number of rotatable bonds is 42. The molecule has 0 saturated carbocycles. The van der Waals surface area contributed by atoms with Gasteiger partial charge in [-0.05, 0) is 77.0 Å². The molecule has 0 aromatic heterocycles. The minimum Gasteiger partial charge on any atom is -0.462 e. The molecule has 336 valence electrons. The van der Waals surface area contributed by atoms with E-state index >= 15 is 0 Å². The first-order valence-corrected chi connectivity index (χ1v) is 24.2. The molecule has 0 saturated heterocycles. The van der Waals surface area contributed by atoms with Crippen molar-refractivity contribution < 1.29 is 47.8 Å². The van der Waals surface area contributed by atoms with E-state index in [9.17, 15) is 24.2 Å². The van der Waals surface area contributed by atoms with Gasteiger partial charge in [-0.2, -0.15) is 0 Å². The summed E-state index contributed by atoms with van der Waals surface area (Å²) >= 11 is 0. The van der Waals surface area contributed by atoms with Crippen LogP contribution in [0.15, 0.2) is 60.8 Å². The Morgan fingerprint density at radius 2 is 0.948 bits per heavy atom. The average Bonchev–Trinajstić information content (AvgIpc) is 3.21. The second kappa shape index (κ2) is 42.8. The van der Waals surface area contributed by atoms with Crippen LogP contribution in [0.4, 0.5) is 0 Å². The lowest BCUT2D eigenvalue weighted by Crippen LogP contribution is -2.29. The van der Waals surface area contributed by atoms with Crippen LogP contribution >= 0.6 is 7.82 Å². The second-order valence-electron chi connectivity index (χ2n) is 15.0. The fourth-order valence-electron chi connectivity index (χ4n) is 5.92. The molecule has 0 aromatic rings. The maximum atomic E-state index is 12.6. The van der Waals surface area contributed by atoms with Crippen molar-refractivity contribution in [3.05, 3.63) is 60.8 Å². The number of phosphoric ester groups is 1. The van der Waals surface area contributed by atoms with Gasteiger partial charge in [-0.25, -0.2) is 4.57 Å². The maximum absolute atomic E-state index is 12.6. The molecular formula is C47H83O10P. The summed E-state index contributed by atoms with van der Waals surface area (Å²) in [6.45, 7) is 2.23. The number of unbranched alkanes of at least 4 members (excludes halogenated alkanes) is 18. The fraction of sp³-hybridized carbons (Fsp3) is 0.745. The molecule has 0 heterocycles. The molecule has 0 spiro atoms. The van der Waals surface area contributed by atoms with Crippen LogP contribution in [-0.2, 0) is 32.7 Å². The quantitative estimate of drug-likeness (QED) is 0.0235. The Bertz CT molecular complexity index is 1150. The van der Waals surface area contributed by atoms with Crippen LogP contribution in [-0.4, -0.2) is 65.7 Å². The van der Waals surface area contributed by atoms with Crippen molar-refractivity contribution in [2.45, 2.75) is 199 Å². The van der Waals surface area contributed by atoms with Gasteiger partial charge < -0.3 is 24.6 Å². The van der Waals surface area contributed by atoms with Gasteiger partial charge in [-0.3, -0.25) is 18.6 Å². The number of ether oxygens (including phenoxy) is 2. The van der Waals surface area contributed by atoms with Crippen molar-refractivity contribution in [1.29, 1.82) is 0 Å². The Balaban J connectivity index is 4.32. The molecule has 0 aliphatic heterocycles. The van der Waals surface area contributed by atoms with E-state index < -0.39 is 51.8 Å². The molecule has 0 bridgehead atoms. The first-order valence-electron chi connectivity index (χ1n) is 22.7. The number of carbonyl (C=O) groups is 2. The third-order valence-electron chi connectivity index (χ3n) is 9.41. The highest BCUT2D eigenvalue weighted by atomic mass is 31.2. The number of carbonyl (C=O) groups excluding carboxylic acids is 2. The zero-order valence-electron chi connectivity index (χ0n) is 36.5. The number of aliphatic hydroxyl groups excluding tert-OH is 2. The third kappa shape index (κ3) is 41.8. The van der Waals surface area contributed by atoms with Gasteiger partial charge in [0.15, 0.2) is 6.10 Å². The van der Waals surface area contributed by atoms with E-state index in [2.05, 4.69) is 74.6 Å². The maximum Gasteiger partial charge on any atom is 0.472 e. The van der Waals surface area contributed by atoms with E-state index in [0.29, 0.717) is 12.8 Å². The van der Waals surface area contributed by atoms with E-state index in [1.165, 1.54) is 70.6 Å². The summed E-state index contributed by atoms with van der Waals surface area (Å²) in [5, 5.41) is 18.3. The molecule has 0 aromatic carbocycles. The van der Waals surface area contributed by atoms with Gasteiger partial charge in [0.05, 0.1) is 19.8 Å². The summed E-state index contributed by atoms with van der Waals surface area (Å²) in [6, 6.07) is 0. The summed E-state index contributed by atoms with van der Waals surface area (Å²) in [4.78, 5) is 35.0. The van der Waals surface area contributed by atoms with Crippen molar-refractivity contribution in [3.63, 3.8) is 0 Å². The predicted octanol–water partition coefficient (Wildman–Crippen LogP) is 12.3. The monoisotopic (exact) mass is 839 g/mol. The smallest absolute Gasteiger partial charge is 0.462 e. The van der Waals surface area contributed by atoms with E-state index in [1.54, 1.807) is 0 Å². The van der Waals surface area contributed by atoms with E-state index in [1.807, 2.05) is 0 Å². The van der Waals surface area contributed by atoms with Crippen LogP contribution in [0.3, 0.4) is 0 Å². The Hall–Kier alpha value is -2.33. The number of allylic oxidation sites excluding steroid dienone is 10. The van der Waals surface area contributed by atoms with E-state index in [0.717, 1.165) is 77.0 Å². The molecule has 0 radical (unpaired) electrons. The lowest BCUT2D eigenvalue weighted by atomic mass is 10.1.